The molecule has 20 heavy (non-hydrogen) atoms. The maximum Gasteiger partial charge on any atom is 0.331 e. The Kier molecular flexibility index (Phi) is 5.37. The second-order valence-electron chi connectivity index (χ2n) is 4.59. The molecule has 0 aromatic carbocycles. The van der Waals surface area contributed by atoms with Crippen LogP contribution in [0.1, 0.15) is 24.6 Å². The topological polar surface area (TPSA) is 46.6 Å². The van der Waals surface area contributed by atoms with Gasteiger partial charge >= 0.3 is 5.97 Å². The van der Waals surface area contributed by atoms with Crippen LogP contribution >= 0.6 is 27.3 Å². The number of hydrogen-bond donors (Lipinski definition) is 0. The van der Waals surface area contributed by atoms with E-state index in [0.717, 1.165) is 34.6 Å². The van der Waals surface area contributed by atoms with Crippen molar-refractivity contribution in [2.45, 2.75) is 25.9 Å². The van der Waals surface area contributed by atoms with Crippen molar-refractivity contribution in [1.29, 1.82) is 0 Å². The Bertz CT molecular complexity index is 520. The van der Waals surface area contributed by atoms with Gasteiger partial charge in [0, 0.05) is 24.0 Å². The molecular weight excluding hydrogens is 342 g/mol. The Morgan fingerprint density at radius 1 is 1.40 bits per heavy atom. The summed E-state index contributed by atoms with van der Waals surface area (Å²) in [6.45, 7) is 3.15. The highest BCUT2D eigenvalue weighted by Gasteiger charge is 2.25. The average Bonchev–Trinajstić information content (AvgIpc) is 3.06. The molecule has 1 aliphatic rings. The van der Waals surface area contributed by atoms with Gasteiger partial charge < -0.3 is 9.64 Å². The lowest BCUT2D eigenvalue weighted by Crippen LogP contribution is -2.37. The molecule has 1 unspecified atom stereocenters. The van der Waals surface area contributed by atoms with Crippen LogP contribution in [0.2, 0.25) is 0 Å². The summed E-state index contributed by atoms with van der Waals surface area (Å²) in [6, 6.07) is 3.81. The van der Waals surface area contributed by atoms with Crippen molar-refractivity contribution in [2.75, 3.05) is 13.1 Å². The summed E-state index contributed by atoms with van der Waals surface area (Å²) in [5.74, 6) is -0.599. The number of amides is 1. The smallest absolute Gasteiger partial charge is 0.331 e. The molecular formula is C14H16BrNO3S. The van der Waals surface area contributed by atoms with Gasteiger partial charge in [0.1, 0.15) is 0 Å². The highest BCUT2D eigenvalue weighted by Crippen LogP contribution is 2.23. The first-order valence-electron chi connectivity index (χ1n) is 6.49. The first-order valence-corrected chi connectivity index (χ1v) is 8.10. The maximum atomic E-state index is 12.0. The van der Waals surface area contributed by atoms with Gasteiger partial charge in [-0.15, -0.1) is 11.3 Å². The number of ether oxygens (including phenoxy) is 1. The molecule has 108 valence electrons. The molecule has 0 radical (unpaired) electrons. The van der Waals surface area contributed by atoms with Gasteiger partial charge in [0.2, 0.25) is 0 Å². The fourth-order valence-electron chi connectivity index (χ4n) is 2.03. The van der Waals surface area contributed by atoms with Gasteiger partial charge in [0.05, 0.1) is 3.79 Å². The van der Waals surface area contributed by atoms with E-state index in [-0.39, 0.29) is 5.91 Å². The zero-order valence-corrected chi connectivity index (χ0v) is 13.6. The molecule has 2 rings (SSSR count). The van der Waals surface area contributed by atoms with Crippen LogP contribution < -0.4 is 0 Å². The number of esters is 1. The van der Waals surface area contributed by atoms with E-state index < -0.39 is 12.1 Å². The standard InChI is InChI=1S/C14H16BrNO3S/c1-10(14(18)16-8-2-3-9-16)19-13(17)7-5-11-4-6-12(15)20-11/h4-7,10H,2-3,8-9H2,1H3/b7-5+. The van der Waals surface area contributed by atoms with Crippen LogP contribution in [0, 0.1) is 0 Å². The summed E-state index contributed by atoms with van der Waals surface area (Å²) < 4.78 is 6.13. The van der Waals surface area contributed by atoms with Crippen molar-refractivity contribution in [3.8, 4) is 0 Å². The van der Waals surface area contributed by atoms with Crippen LogP contribution in [-0.4, -0.2) is 36.0 Å². The summed E-state index contributed by atoms with van der Waals surface area (Å²) in [5, 5.41) is 0. The molecule has 1 fully saturated rings. The largest absolute Gasteiger partial charge is 0.449 e. The van der Waals surface area contributed by atoms with Gasteiger partial charge in [-0.1, -0.05) is 0 Å². The van der Waals surface area contributed by atoms with Crippen molar-refractivity contribution < 1.29 is 14.3 Å². The van der Waals surface area contributed by atoms with Crippen molar-refractivity contribution in [1.82, 2.24) is 4.90 Å². The van der Waals surface area contributed by atoms with Gasteiger partial charge in [0.25, 0.3) is 5.91 Å². The van der Waals surface area contributed by atoms with Crippen LogP contribution in [0.5, 0.6) is 0 Å². The molecule has 2 heterocycles. The average molecular weight is 358 g/mol. The molecule has 4 nitrogen and oxygen atoms in total. The highest BCUT2D eigenvalue weighted by molar-refractivity contribution is 9.11. The number of thiophene rings is 1. The predicted molar refractivity (Wildman–Crippen MR) is 82.4 cm³/mol. The molecule has 1 atom stereocenters. The minimum Gasteiger partial charge on any atom is -0.449 e. The van der Waals surface area contributed by atoms with E-state index in [1.165, 1.54) is 17.4 Å². The van der Waals surface area contributed by atoms with Gasteiger partial charge in [-0.25, -0.2) is 4.79 Å². The quantitative estimate of drug-likeness (QED) is 0.614. The minimum atomic E-state index is -0.722. The maximum absolute atomic E-state index is 12.0. The second-order valence-corrected chi connectivity index (χ2v) is 7.08. The van der Waals surface area contributed by atoms with Crippen LogP contribution in [-0.2, 0) is 14.3 Å². The third-order valence-corrected chi connectivity index (χ3v) is 4.63. The molecule has 0 saturated carbocycles. The van der Waals surface area contributed by atoms with E-state index in [2.05, 4.69) is 15.9 Å². The van der Waals surface area contributed by atoms with E-state index >= 15 is 0 Å². The normalized spacial score (nSPS) is 16.6. The van der Waals surface area contributed by atoms with Gasteiger partial charge in [-0.05, 0) is 53.9 Å². The van der Waals surface area contributed by atoms with Crippen LogP contribution in [0.25, 0.3) is 6.08 Å². The van der Waals surface area contributed by atoms with Crippen LogP contribution in [0.15, 0.2) is 22.0 Å². The number of halogens is 1. The minimum absolute atomic E-state index is 0.108. The third-order valence-electron chi connectivity index (χ3n) is 3.04. The fourth-order valence-corrected chi connectivity index (χ4v) is 3.35. The van der Waals surface area contributed by atoms with E-state index in [0.29, 0.717) is 0 Å². The molecule has 6 heteroatoms. The Morgan fingerprint density at radius 2 is 2.10 bits per heavy atom. The molecule has 1 aliphatic heterocycles. The molecule has 1 saturated heterocycles. The van der Waals surface area contributed by atoms with E-state index in [1.54, 1.807) is 17.9 Å². The number of carbonyl (C=O) groups is 2. The van der Waals surface area contributed by atoms with E-state index in [4.69, 9.17) is 4.74 Å². The van der Waals surface area contributed by atoms with Crippen molar-refractivity contribution in [3.05, 3.63) is 26.9 Å². The number of rotatable bonds is 4. The Morgan fingerprint density at radius 3 is 2.70 bits per heavy atom. The lowest BCUT2D eigenvalue weighted by Gasteiger charge is -2.19. The van der Waals surface area contributed by atoms with Crippen molar-refractivity contribution in [2.24, 2.45) is 0 Å². The summed E-state index contributed by atoms with van der Waals surface area (Å²) in [6.07, 6.45) is 4.37. The van der Waals surface area contributed by atoms with Crippen LogP contribution in [0.4, 0.5) is 0 Å². The lowest BCUT2D eigenvalue weighted by atomic mass is 10.3. The molecule has 1 aromatic rings. The highest BCUT2D eigenvalue weighted by atomic mass is 79.9. The zero-order chi connectivity index (χ0) is 14.5. The number of hydrogen-bond acceptors (Lipinski definition) is 4. The predicted octanol–water partition coefficient (Wildman–Crippen LogP) is 3.08. The monoisotopic (exact) mass is 357 g/mol. The number of likely N-dealkylation sites (tertiary alicyclic amines) is 1. The molecule has 0 aliphatic carbocycles. The first kappa shape index (κ1) is 15.3. The summed E-state index contributed by atoms with van der Waals surface area (Å²) in [4.78, 5) is 26.3. The molecule has 1 amide bonds. The first-order chi connectivity index (χ1) is 9.56. The second kappa shape index (κ2) is 7.04. The Hall–Kier alpha value is -1.14. The molecule has 1 aromatic heterocycles. The Labute approximate surface area is 130 Å². The number of carbonyl (C=O) groups excluding carboxylic acids is 2. The summed E-state index contributed by atoms with van der Waals surface area (Å²) in [7, 11) is 0. The Balaban J connectivity index is 1.84. The molecule has 0 bridgehead atoms. The van der Waals surface area contributed by atoms with Crippen molar-refractivity contribution >= 4 is 45.2 Å². The fraction of sp³-hybridized carbons (Fsp3) is 0.429. The van der Waals surface area contributed by atoms with Gasteiger partial charge in [-0.2, -0.15) is 0 Å². The molecule has 0 spiro atoms. The summed E-state index contributed by atoms with van der Waals surface area (Å²) >= 11 is 4.88. The zero-order valence-electron chi connectivity index (χ0n) is 11.2. The molecule has 0 N–H and O–H groups in total. The lowest BCUT2D eigenvalue weighted by molar-refractivity contribution is -0.154. The number of nitrogens with zero attached hydrogens (tertiary/aromatic N) is 1. The SMILES string of the molecule is CC(OC(=O)/C=C/c1ccc(Br)s1)C(=O)N1CCCC1. The van der Waals surface area contributed by atoms with Gasteiger partial charge in [-0.3, -0.25) is 4.79 Å². The van der Waals surface area contributed by atoms with Crippen LogP contribution in [0.3, 0.4) is 0 Å². The van der Waals surface area contributed by atoms with Gasteiger partial charge in [0.15, 0.2) is 6.10 Å². The van der Waals surface area contributed by atoms with Crippen molar-refractivity contribution in [3.63, 3.8) is 0 Å². The van der Waals surface area contributed by atoms with E-state index in [9.17, 15) is 9.59 Å². The third kappa shape index (κ3) is 4.18. The summed E-state index contributed by atoms with van der Waals surface area (Å²) in [5.41, 5.74) is 0. The van der Waals surface area contributed by atoms with E-state index in [1.807, 2.05) is 12.1 Å².